The molecule has 0 unspecified atom stereocenters. The summed E-state index contributed by atoms with van der Waals surface area (Å²) in [6.45, 7) is 0.575. The summed E-state index contributed by atoms with van der Waals surface area (Å²) in [5.74, 6) is 1.30. The summed E-state index contributed by atoms with van der Waals surface area (Å²) in [5, 5.41) is 9.62. The monoisotopic (exact) mass is 490 g/mol. The van der Waals surface area contributed by atoms with E-state index in [0.717, 1.165) is 41.8 Å². The third-order valence-electron chi connectivity index (χ3n) is 10.2. The number of para-hydroxylation sites is 2. The number of benzene rings is 1. The largest absolute Gasteiger partial charge is 0.480 e. The van der Waals surface area contributed by atoms with Gasteiger partial charge in [0, 0.05) is 30.7 Å². The van der Waals surface area contributed by atoms with E-state index >= 15 is 0 Å². The number of fused-ring (bicyclic) bond motifs is 5. The molecular formula is C29H38N4O3. The van der Waals surface area contributed by atoms with E-state index in [1.807, 2.05) is 28.8 Å². The van der Waals surface area contributed by atoms with Gasteiger partial charge in [0.1, 0.15) is 6.04 Å². The zero-order chi connectivity index (χ0) is 24.4. The Morgan fingerprint density at radius 2 is 1.53 bits per heavy atom. The number of aliphatic carboxylic acids is 1. The number of hydrogen-bond donors (Lipinski definition) is 1. The number of rotatable bonds is 4. The lowest BCUT2D eigenvalue weighted by atomic mass is 9.68. The quantitative estimate of drug-likeness (QED) is 0.676. The molecule has 7 atom stereocenters. The highest BCUT2D eigenvalue weighted by Gasteiger charge is 2.46. The van der Waals surface area contributed by atoms with Crippen molar-refractivity contribution in [3.8, 4) is 0 Å². The van der Waals surface area contributed by atoms with E-state index < -0.39 is 12.0 Å². The molecule has 2 saturated carbocycles. The first kappa shape index (κ1) is 22.8. The number of anilines is 1. The Balaban J connectivity index is 1.23. The van der Waals surface area contributed by atoms with Crippen molar-refractivity contribution in [2.24, 2.45) is 11.8 Å². The number of piperidine rings is 2. The average Bonchev–Trinajstić information content (AvgIpc) is 2.82. The van der Waals surface area contributed by atoms with Crippen LogP contribution in [0.4, 0.5) is 5.82 Å². The van der Waals surface area contributed by atoms with Gasteiger partial charge in [0.05, 0.1) is 11.0 Å². The second-order valence-corrected chi connectivity index (χ2v) is 12.3. The molecule has 4 bridgehead atoms. The molecule has 5 fully saturated rings. The van der Waals surface area contributed by atoms with Crippen LogP contribution in [0.1, 0.15) is 83.1 Å². The zero-order valence-electron chi connectivity index (χ0n) is 21.1. The molecule has 0 spiro atoms. The number of carboxylic acids is 1. The van der Waals surface area contributed by atoms with Crippen molar-refractivity contribution in [3.05, 3.63) is 34.6 Å². The van der Waals surface area contributed by atoms with Crippen molar-refractivity contribution < 1.29 is 9.90 Å². The molecule has 2 aromatic rings. The molecule has 1 N–H and O–H groups in total. The van der Waals surface area contributed by atoms with Crippen LogP contribution in [0.25, 0.3) is 11.0 Å². The molecule has 192 valence electrons. The summed E-state index contributed by atoms with van der Waals surface area (Å²) in [6.07, 6.45) is 14.8. The van der Waals surface area contributed by atoms with Crippen LogP contribution in [0.3, 0.4) is 0 Å². The van der Waals surface area contributed by atoms with Crippen molar-refractivity contribution in [2.75, 3.05) is 11.4 Å². The van der Waals surface area contributed by atoms with E-state index in [2.05, 4.69) is 4.90 Å². The van der Waals surface area contributed by atoms with Crippen molar-refractivity contribution >= 4 is 22.8 Å². The fraction of sp³-hybridized carbons (Fsp3) is 0.690. The van der Waals surface area contributed by atoms with Crippen LogP contribution in [0.5, 0.6) is 0 Å². The highest BCUT2D eigenvalue weighted by Crippen LogP contribution is 2.47. The summed E-state index contributed by atoms with van der Waals surface area (Å²) in [7, 11) is 0. The standard InChI is InChI=1S/C29H38N4O3/c34-28-27(31-12-11-26(31)29(35)36)30-24-9-1-2-10-25(24)33(28)23-16-20-7-4-8-21(17-23)32(20)22-14-18-5-3-6-19(13-18)15-22/h1-2,9-10,18-23,26H,3-8,11-17H2,(H,35,36)/t18-,19+,20-,21+,22+,23+,26-/m1/s1. The number of hydrogen-bond acceptors (Lipinski definition) is 5. The van der Waals surface area contributed by atoms with Gasteiger partial charge in [-0.05, 0) is 75.3 Å². The predicted octanol–water partition coefficient (Wildman–Crippen LogP) is 4.59. The van der Waals surface area contributed by atoms with Crippen molar-refractivity contribution in [3.63, 3.8) is 0 Å². The number of nitrogens with zero attached hydrogens (tertiary/aromatic N) is 4. The minimum atomic E-state index is -0.873. The molecule has 7 rings (SSSR count). The third-order valence-corrected chi connectivity index (χ3v) is 10.2. The van der Waals surface area contributed by atoms with Gasteiger partial charge in [0.2, 0.25) is 0 Å². The number of carbonyl (C=O) groups is 1. The average molecular weight is 491 g/mol. The third kappa shape index (κ3) is 3.68. The summed E-state index contributed by atoms with van der Waals surface area (Å²) in [4.78, 5) is 35.0. The van der Waals surface area contributed by atoms with E-state index in [-0.39, 0.29) is 11.6 Å². The Hall–Kier alpha value is -2.41. The van der Waals surface area contributed by atoms with Crippen LogP contribution in [0.15, 0.2) is 29.1 Å². The Morgan fingerprint density at radius 3 is 2.19 bits per heavy atom. The highest BCUT2D eigenvalue weighted by atomic mass is 16.4. The summed E-state index contributed by atoms with van der Waals surface area (Å²) in [6, 6.07) is 9.23. The first-order chi connectivity index (χ1) is 17.6. The fourth-order valence-corrected chi connectivity index (χ4v) is 8.72. The zero-order valence-corrected chi connectivity index (χ0v) is 21.1. The maximum Gasteiger partial charge on any atom is 0.326 e. The van der Waals surface area contributed by atoms with Crippen LogP contribution in [0.2, 0.25) is 0 Å². The molecule has 1 aromatic carbocycles. The summed E-state index contributed by atoms with van der Waals surface area (Å²) in [5.41, 5.74) is 1.57. The van der Waals surface area contributed by atoms with Gasteiger partial charge in [-0.25, -0.2) is 9.78 Å². The van der Waals surface area contributed by atoms with Crippen LogP contribution >= 0.6 is 0 Å². The van der Waals surface area contributed by atoms with Gasteiger partial charge in [-0.1, -0.05) is 37.8 Å². The summed E-state index contributed by atoms with van der Waals surface area (Å²) < 4.78 is 2.01. The molecule has 4 heterocycles. The normalized spacial score (nSPS) is 36.4. The van der Waals surface area contributed by atoms with E-state index in [1.54, 1.807) is 4.90 Å². The minimum Gasteiger partial charge on any atom is -0.480 e. The lowest BCUT2D eigenvalue weighted by molar-refractivity contribution is -0.140. The fourth-order valence-electron chi connectivity index (χ4n) is 8.72. The van der Waals surface area contributed by atoms with Crippen molar-refractivity contribution in [2.45, 2.75) is 107 Å². The first-order valence-corrected chi connectivity index (χ1v) is 14.3. The van der Waals surface area contributed by atoms with Crippen molar-refractivity contribution in [1.29, 1.82) is 0 Å². The maximum atomic E-state index is 14.0. The van der Waals surface area contributed by atoms with Gasteiger partial charge in [0.15, 0.2) is 5.82 Å². The molecule has 7 heteroatoms. The molecule has 2 aliphatic carbocycles. The second-order valence-electron chi connectivity index (χ2n) is 12.3. The Kier molecular flexibility index (Phi) is 5.60. The molecule has 0 radical (unpaired) electrons. The van der Waals surface area contributed by atoms with Crippen LogP contribution in [0, 0.1) is 11.8 Å². The SMILES string of the molecule is O=C(O)[C@H]1CCN1c1nc2ccccc2n([C@H]2C[C@H]3CCC[C@@H](C2)N3[C@H]2C[C@@H]3CCC[C@@H](C3)C2)c1=O. The van der Waals surface area contributed by atoms with Crippen LogP contribution < -0.4 is 10.5 Å². The smallest absolute Gasteiger partial charge is 0.326 e. The molecule has 3 saturated heterocycles. The number of carboxylic acid groups (broad SMARTS) is 1. The molecule has 3 aliphatic heterocycles. The van der Waals surface area contributed by atoms with Gasteiger partial charge >= 0.3 is 5.97 Å². The van der Waals surface area contributed by atoms with E-state index in [9.17, 15) is 14.7 Å². The van der Waals surface area contributed by atoms with Gasteiger partial charge in [-0.2, -0.15) is 0 Å². The van der Waals surface area contributed by atoms with E-state index in [0.29, 0.717) is 30.9 Å². The lowest BCUT2D eigenvalue weighted by Crippen LogP contribution is -2.59. The van der Waals surface area contributed by atoms with Crippen molar-refractivity contribution in [1.82, 2.24) is 14.5 Å². The minimum absolute atomic E-state index is 0.108. The Morgan fingerprint density at radius 1 is 0.833 bits per heavy atom. The second kappa shape index (κ2) is 8.86. The van der Waals surface area contributed by atoms with Crippen LogP contribution in [-0.2, 0) is 4.79 Å². The van der Waals surface area contributed by atoms with Gasteiger partial charge in [-0.15, -0.1) is 0 Å². The maximum absolute atomic E-state index is 14.0. The highest BCUT2D eigenvalue weighted by molar-refractivity contribution is 5.81. The Labute approximate surface area is 212 Å². The molecule has 5 aliphatic rings. The molecule has 36 heavy (non-hydrogen) atoms. The predicted molar refractivity (Wildman–Crippen MR) is 139 cm³/mol. The topological polar surface area (TPSA) is 78.7 Å². The van der Waals surface area contributed by atoms with E-state index in [4.69, 9.17) is 4.98 Å². The summed E-state index contributed by atoms with van der Waals surface area (Å²) >= 11 is 0. The van der Waals surface area contributed by atoms with Crippen LogP contribution in [-0.4, -0.2) is 56.2 Å². The Bertz CT molecular complexity index is 1200. The lowest BCUT2D eigenvalue weighted by Gasteiger charge is -2.55. The van der Waals surface area contributed by atoms with Gasteiger partial charge in [0.25, 0.3) is 5.56 Å². The number of aromatic nitrogens is 2. The molecule has 7 nitrogen and oxygen atoms in total. The molecule has 1 aromatic heterocycles. The van der Waals surface area contributed by atoms with E-state index in [1.165, 1.54) is 57.8 Å². The molecule has 0 amide bonds. The molecular weight excluding hydrogens is 452 g/mol. The van der Waals surface area contributed by atoms with Gasteiger partial charge < -0.3 is 14.6 Å². The first-order valence-electron chi connectivity index (χ1n) is 14.3. The van der Waals surface area contributed by atoms with Gasteiger partial charge in [-0.3, -0.25) is 9.69 Å².